The average Bonchev–Trinajstić information content (AvgIpc) is 2.62. The lowest BCUT2D eigenvalue weighted by atomic mass is 10.2. The van der Waals surface area contributed by atoms with Gasteiger partial charge in [0.2, 0.25) is 0 Å². The Bertz CT molecular complexity index is 569. The smallest absolute Gasteiger partial charge is 0.332 e. The Morgan fingerprint density at radius 2 is 1.62 bits per heavy atom. The third kappa shape index (κ3) is 23.7. The van der Waals surface area contributed by atoms with E-state index in [1.54, 1.807) is 13.0 Å². The number of esters is 1. The Morgan fingerprint density at radius 1 is 1.21 bits per heavy atom. The van der Waals surface area contributed by atoms with Gasteiger partial charge in [0, 0.05) is 17.7 Å². The van der Waals surface area contributed by atoms with Crippen LogP contribution in [0.4, 0.5) is 0 Å². The summed E-state index contributed by atoms with van der Waals surface area (Å²) in [6.45, 7) is 14.7. The number of nitriles is 1. The quantitative estimate of drug-likeness (QED) is 0.514. The average molecular weight is 329 g/mol. The second kappa shape index (κ2) is 19.6. The maximum atomic E-state index is 10.2. The minimum Gasteiger partial charge on any atom is -0.478 e. The van der Waals surface area contributed by atoms with Crippen LogP contribution < -0.4 is 0 Å². The first-order valence-electron chi connectivity index (χ1n) is 6.57. The van der Waals surface area contributed by atoms with Gasteiger partial charge in [0.25, 0.3) is 0 Å². The van der Waals surface area contributed by atoms with E-state index in [-0.39, 0.29) is 5.97 Å². The number of carbonyl (C=O) groups is 2. The summed E-state index contributed by atoms with van der Waals surface area (Å²) in [5, 5.41) is 15.1. The van der Waals surface area contributed by atoms with Crippen molar-refractivity contribution in [1.29, 1.82) is 5.26 Å². The Balaban J connectivity index is -0.000000255. The number of carboxylic acid groups (broad SMARTS) is 1. The van der Waals surface area contributed by atoms with Gasteiger partial charge in [-0.3, -0.25) is 0 Å². The fraction of sp³-hybridized carbons (Fsp3) is 0.105. The summed E-state index contributed by atoms with van der Waals surface area (Å²) in [5.74, 6) is -1.33. The molecule has 1 N–H and O–H groups in total. The van der Waals surface area contributed by atoms with Crippen molar-refractivity contribution in [3.05, 3.63) is 79.9 Å². The minimum atomic E-state index is -0.981. The Labute approximate surface area is 143 Å². The summed E-state index contributed by atoms with van der Waals surface area (Å²) in [5.41, 5.74) is 1.61. The first-order valence-corrected chi connectivity index (χ1v) is 6.57. The lowest BCUT2D eigenvalue weighted by Crippen LogP contribution is -1.98. The molecular weight excluding hydrogens is 306 g/mol. The standard InChI is InChI=1S/C8H8.C5H8O2.C3H3N.C3H4O2/c1-2-8-6-4-3-5-7-8;1-4(2)5(6)7-3;1-2-3-4;1-2-3(4)5/h2-7H,1H2;1H2,2-3H3;2H,1H2;2H,1H2,(H,4,5). The fourth-order valence-corrected chi connectivity index (χ4v) is 0.763. The zero-order valence-corrected chi connectivity index (χ0v) is 14.1. The molecule has 0 aliphatic rings. The van der Waals surface area contributed by atoms with E-state index in [1.807, 2.05) is 36.4 Å². The highest BCUT2D eigenvalue weighted by Crippen LogP contribution is 1.97. The van der Waals surface area contributed by atoms with E-state index >= 15 is 0 Å². The predicted molar refractivity (Wildman–Crippen MR) is 97.0 cm³/mol. The highest BCUT2D eigenvalue weighted by atomic mass is 16.5. The molecule has 0 aliphatic heterocycles. The SMILES string of the molecule is C=C(C)C(=O)OC.C=CC#N.C=CC(=O)O.C=Cc1ccccc1. The monoisotopic (exact) mass is 329 g/mol. The first kappa shape index (κ1) is 25.6. The van der Waals surface area contributed by atoms with Crippen LogP contribution in [0.3, 0.4) is 0 Å². The van der Waals surface area contributed by atoms with Crippen LogP contribution in [0.2, 0.25) is 0 Å². The van der Waals surface area contributed by atoms with Crippen molar-refractivity contribution in [2.24, 2.45) is 0 Å². The molecule has 5 nitrogen and oxygen atoms in total. The maximum absolute atomic E-state index is 10.2. The molecule has 24 heavy (non-hydrogen) atoms. The molecule has 1 rings (SSSR count). The van der Waals surface area contributed by atoms with E-state index in [4.69, 9.17) is 10.4 Å². The molecule has 1 aromatic carbocycles. The van der Waals surface area contributed by atoms with E-state index in [9.17, 15) is 9.59 Å². The molecule has 0 unspecified atom stereocenters. The number of ether oxygens (including phenoxy) is 1. The molecule has 0 fully saturated rings. The predicted octanol–water partition coefficient (Wildman–Crippen LogP) is 4.02. The summed E-state index contributed by atoms with van der Waals surface area (Å²) in [7, 11) is 1.33. The molecule has 0 aromatic heterocycles. The number of rotatable bonds is 3. The zero-order valence-electron chi connectivity index (χ0n) is 14.1. The van der Waals surface area contributed by atoms with E-state index < -0.39 is 5.97 Å². The van der Waals surface area contributed by atoms with E-state index in [0.29, 0.717) is 5.57 Å². The van der Waals surface area contributed by atoms with Crippen molar-refractivity contribution in [2.45, 2.75) is 6.92 Å². The summed E-state index contributed by atoms with van der Waals surface area (Å²) in [6.07, 6.45) is 3.85. The number of aliphatic carboxylic acids is 1. The molecule has 0 atom stereocenters. The fourth-order valence-electron chi connectivity index (χ4n) is 0.763. The number of carboxylic acids is 1. The van der Waals surface area contributed by atoms with Crippen LogP contribution in [0.1, 0.15) is 12.5 Å². The van der Waals surface area contributed by atoms with Gasteiger partial charge in [-0.25, -0.2) is 9.59 Å². The molecule has 5 heteroatoms. The Kier molecular flexibility index (Phi) is 20.9. The van der Waals surface area contributed by atoms with Crippen LogP contribution in [-0.2, 0) is 14.3 Å². The number of methoxy groups -OCH3 is 1. The number of allylic oxidation sites excluding steroid dienone is 1. The topological polar surface area (TPSA) is 87.4 Å². The molecular formula is C19H23NO4. The van der Waals surface area contributed by atoms with Crippen LogP contribution >= 0.6 is 0 Å². The summed E-state index contributed by atoms with van der Waals surface area (Å²) in [6, 6.07) is 11.7. The second-order valence-corrected chi connectivity index (χ2v) is 3.76. The maximum Gasteiger partial charge on any atom is 0.332 e. The van der Waals surface area contributed by atoms with Gasteiger partial charge >= 0.3 is 11.9 Å². The van der Waals surface area contributed by atoms with Crippen molar-refractivity contribution >= 4 is 18.0 Å². The van der Waals surface area contributed by atoms with Gasteiger partial charge in [0.05, 0.1) is 13.2 Å². The lowest BCUT2D eigenvalue weighted by Gasteiger charge is -1.91. The van der Waals surface area contributed by atoms with Crippen molar-refractivity contribution in [3.63, 3.8) is 0 Å². The van der Waals surface area contributed by atoms with Gasteiger partial charge in [-0.05, 0) is 12.5 Å². The summed E-state index contributed by atoms with van der Waals surface area (Å²) < 4.78 is 4.27. The molecule has 128 valence electrons. The molecule has 0 saturated carbocycles. The zero-order chi connectivity index (χ0) is 19.4. The molecule has 0 amide bonds. The largest absolute Gasteiger partial charge is 0.478 e. The van der Waals surface area contributed by atoms with Crippen molar-refractivity contribution in [1.82, 2.24) is 0 Å². The van der Waals surface area contributed by atoms with E-state index in [1.165, 1.54) is 18.7 Å². The highest BCUT2D eigenvalue weighted by Gasteiger charge is 1.95. The molecule has 0 spiro atoms. The van der Waals surface area contributed by atoms with Crippen LogP contribution in [0.5, 0.6) is 0 Å². The third-order valence-corrected chi connectivity index (χ3v) is 1.84. The van der Waals surface area contributed by atoms with Gasteiger partial charge in [0.15, 0.2) is 0 Å². The molecule has 1 aromatic rings. The number of nitrogens with zero attached hydrogens (tertiary/aromatic N) is 1. The summed E-state index contributed by atoms with van der Waals surface area (Å²) >= 11 is 0. The van der Waals surface area contributed by atoms with Crippen molar-refractivity contribution in [2.75, 3.05) is 7.11 Å². The second-order valence-electron chi connectivity index (χ2n) is 3.76. The van der Waals surface area contributed by atoms with Crippen LogP contribution in [0, 0.1) is 11.3 Å². The number of hydrogen-bond donors (Lipinski definition) is 1. The van der Waals surface area contributed by atoms with Gasteiger partial charge in [0.1, 0.15) is 0 Å². The Hall–Kier alpha value is -3.39. The normalized spacial score (nSPS) is 7.04. The molecule has 0 radical (unpaired) electrons. The molecule has 0 heterocycles. The van der Waals surface area contributed by atoms with Crippen LogP contribution in [0.15, 0.2) is 74.4 Å². The van der Waals surface area contributed by atoms with Gasteiger partial charge < -0.3 is 9.84 Å². The number of benzene rings is 1. The third-order valence-electron chi connectivity index (χ3n) is 1.84. The molecule has 0 aliphatic carbocycles. The van der Waals surface area contributed by atoms with Crippen LogP contribution in [0.25, 0.3) is 6.08 Å². The van der Waals surface area contributed by atoms with Gasteiger partial charge in [-0.2, -0.15) is 5.26 Å². The number of carbonyl (C=O) groups excluding carboxylic acids is 1. The number of hydrogen-bond acceptors (Lipinski definition) is 4. The van der Waals surface area contributed by atoms with Crippen molar-refractivity contribution in [3.8, 4) is 6.07 Å². The highest BCUT2D eigenvalue weighted by molar-refractivity contribution is 5.86. The van der Waals surface area contributed by atoms with Crippen molar-refractivity contribution < 1.29 is 19.4 Å². The van der Waals surface area contributed by atoms with E-state index in [0.717, 1.165) is 6.08 Å². The van der Waals surface area contributed by atoms with Gasteiger partial charge in [-0.15, -0.1) is 0 Å². The molecule has 0 bridgehead atoms. The minimum absolute atomic E-state index is 0.347. The van der Waals surface area contributed by atoms with E-state index in [2.05, 4.69) is 31.1 Å². The lowest BCUT2D eigenvalue weighted by molar-refractivity contribution is -0.136. The molecule has 0 saturated heterocycles. The van der Waals surface area contributed by atoms with Crippen LogP contribution in [-0.4, -0.2) is 24.2 Å². The summed E-state index contributed by atoms with van der Waals surface area (Å²) in [4.78, 5) is 19.4. The van der Waals surface area contributed by atoms with Gasteiger partial charge in [-0.1, -0.05) is 62.7 Å². The Morgan fingerprint density at radius 3 is 1.75 bits per heavy atom. The first-order chi connectivity index (χ1) is 11.3.